The fraction of sp³-hybridized carbons (Fsp3) is 0.120. The highest BCUT2D eigenvalue weighted by atomic mass is 16.5. The molecule has 5 heteroatoms. The Bertz CT molecular complexity index is 1120. The van der Waals surface area contributed by atoms with Crippen LogP contribution in [-0.2, 0) is 4.74 Å². The number of benzene rings is 3. The van der Waals surface area contributed by atoms with Gasteiger partial charge >= 0.3 is 6.09 Å². The van der Waals surface area contributed by atoms with Gasteiger partial charge in [-0.1, -0.05) is 66.7 Å². The van der Waals surface area contributed by atoms with Gasteiger partial charge in [0.05, 0.1) is 5.56 Å². The SMILES string of the molecule is N#Cc1cc(C=CCNC(=O)OCC2c3ccccc3-c3ccccc32)ccc1O. The monoisotopic (exact) mass is 396 g/mol. The molecule has 0 saturated heterocycles. The summed E-state index contributed by atoms with van der Waals surface area (Å²) in [7, 11) is 0. The maximum atomic E-state index is 12.1. The van der Waals surface area contributed by atoms with Crippen LogP contribution >= 0.6 is 0 Å². The van der Waals surface area contributed by atoms with Crippen molar-refractivity contribution in [2.45, 2.75) is 5.92 Å². The third kappa shape index (κ3) is 3.89. The molecule has 0 spiro atoms. The molecule has 0 saturated carbocycles. The predicted molar refractivity (Wildman–Crippen MR) is 115 cm³/mol. The number of fused-ring (bicyclic) bond motifs is 3. The number of ether oxygens (including phenoxy) is 1. The van der Waals surface area contributed by atoms with Crippen molar-refractivity contribution < 1.29 is 14.6 Å². The Kier molecular flexibility index (Phi) is 5.49. The first kappa shape index (κ1) is 19.3. The van der Waals surface area contributed by atoms with Crippen molar-refractivity contribution in [2.24, 2.45) is 0 Å². The number of nitrogens with zero attached hydrogens (tertiary/aromatic N) is 1. The number of rotatable bonds is 5. The van der Waals surface area contributed by atoms with Crippen molar-refractivity contribution in [3.05, 3.63) is 95.1 Å². The number of amides is 1. The minimum atomic E-state index is -0.482. The van der Waals surface area contributed by atoms with Crippen molar-refractivity contribution >= 4 is 12.2 Å². The van der Waals surface area contributed by atoms with Crippen LogP contribution in [0.1, 0.15) is 28.2 Å². The first-order chi connectivity index (χ1) is 14.7. The smallest absolute Gasteiger partial charge is 0.407 e. The summed E-state index contributed by atoms with van der Waals surface area (Å²) in [4.78, 5) is 12.1. The minimum absolute atomic E-state index is 0.0279. The van der Waals surface area contributed by atoms with Gasteiger partial charge in [-0.3, -0.25) is 0 Å². The van der Waals surface area contributed by atoms with Crippen molar-refractivity contribution in [1.29, 1.82) is 5.26 Å². The highest BCUT2D eigenvalue weighted by Gasteiger charge is 2.28. The summed E-state index contributed by atoms with van der Waals surface area (Å²) in [6.07, 6.45) is 3.05. The minimum Gasteiger partial charge on any atom is -0.507 e. The van der Waals surface area contributed by atoms with E-state index in [0.29, 0.717) is 6.54 Å². The molecule has 0 fully saturated rings. The Morgan fingerprint density at radius 1 is 1.07 bits per heavy atom. The lowest BCUT2D eigenvalue weighted by Gasteiger charge is -2.14. The molecular weight excluding hydrogens is 376 g/mol. The van der Waals surface area contributed by atoms with Crippen LogP contribution in [0.3, 0.4) is 0 Å². The molecule has 3 aromatic carbocycles. The average Bonchev–Trinajstić information content (AvgIpc) is 3.10. The van der Waals surface area contributed by atoms with E-state index in [9.17, 15) is 9.90 Å². The zero-order chi connectivity index (χ0) is 20.9. The van der Waals surface area contributed by atoms with Crippen LogP contribution in [0.2, 0.25) is 0 Å². The molecule has 0 radical (unpaired) electrons. The summed E-state index contributed by atoms with van der Waals surface area (Å²) >= 11 is 0. The van der Waals surface area contributed by atoms with E-state index >= 15 is 0 Å². The van der Waals surface area contributed by atoms with Crippen LogP contribution in [0, 0.1) is 11.3 Å². The average molecular weight is 396 g/mol. The first-order valence-electron chi connectivity index (χ1n) is 9.66. The number of aromatic hydroxyl groups is 1. The molecule has 0 unspecified atom stereocenters. The molecule has 1 aliphatic rings. The van der Waals surface area contributed by atoms with Gasteiger partial charge in [0.2, 0.25) is 0 Å². The number of carbonyl (C=O) groups is 1. The van der Waals surface area contributed by atoms with E-state index in [1.165, 1.54) is 28.3 Å². The van der Waals surface area contributed by atoms with Gasteiger partial charge in [0, 0.05) is 12.5 Å². The van der Waals surface area contributed by atoms with Crippen LogP contribution in [0.4, 0.5) is 4.79 Å². The lowest BCUT2D eigenvalue weighted by Crippen LogP contribution is -2.26. The first-order valence-corrected chi connectivity index (χ1v) is 9.66. The molecule has 5 nitrogen and oxygen atoms in total. The van der Waals surface area contributed by atoms with Crippen LogP contribution < -0.4 is 5.32 Å². The second-order valence-electron chi connectivity index (χ2n) is 7.00. The number of phenolic OH excluding ortho intramolecular Hbond substituents is 1. The third-order valence-electron chi connectivity index (χ3n) is 5.16. The van der Waals surface area contributed by atoms with E-state index in [1.54, 1.807) is 24.3 Å². The van der Waals surface area contributed by atoms with E-state index in [0.717, 1.165) is 5.56 Å². The van der Waals surface area contributed by atoms with Crippen molar-refractivity contribution in [3.63, 3.8) is 0 Å². The Morgan fingerprint density at radius 2 is 1.73 bits per heavy atom. The molecule has 1 aliphatic carbocycles. The highest BCUT2D eigenvalue weighted by Crippen LogP contribution is 2.44. The summed E-state index contributed by atoms with van der Waals surface area (Å²) in [5.74, 6) is -0.0218. The maximum absolute atomic E-state index is 12.1. The molecular formula is C25H20N2O3. The highest BCUT2D eigenvalue weighted by molar-refractivity contribution is 5.79. The molecule has 148 valence electrons. The zero-order valence-corrected chi connectivity index (χ0v) is 16.2. The number of nitrogens with one attached hydrogen (secondary N) is 1. The Balaban J connectivity index is 1.33. The van der Waals surface area contributed by atoms with E-state index in [2.05, 4.69) is 29.6 Å². The lowest BCUT2D eigenvalue weighted by molar-refractivity contribution is 0.144. The van der Waals surface area contributed by atoms with Crippen LogP contribution in [0.25, 0.3) is 17.2 Å². The van der Waals surface area contributed by atoms with Gasteiger partial charge in [0.1, 0.15) is 18.4 Å². The van der Waals surface area contributed by atoms with Crippen LogP contribution in [-0.4, -0.2) is 24.4 Å². The summed E-state index contributed by atoms with van der Waals surface area (Å²) in [5.41, 5.74) is 5.70. The van der Waals surface area contributed by atoms with E-state index in [-0.39, 0.29) is 23.8 Å². The molecule has 2 N–H and O–H groups in total. The van der Waals surface area contributed by atoms with Gasteiger partial charge in [0.15, 0.2) is 0 Å². The third-order valence-corrected chi connectivity index (χ3v) is 5.16. The van der Waals surface area contributed by atoms with Crippen LogP contribution in [0.5, 0.6) is 5.75 Å². The number of hydrogen-bond donors (Lipinski definition) is 2. The quantitative estimate of drug-likeness (QED) is 0.648. The van der Waals surface area contributed by atoms with Crippen molar-refractivity contribution in [2.75, 3.05) is 13.2 Å². The molecule has 0 aliphatic heterocycles. The molecule has 1 amide bonds. The Morgan fingerprint density at radius 3 is 2.40 bits per heavy atom. The molecule has 0 bridgehead atoms. The Labute approximate surface area is 174 Å². The summed E-state index contributed by atoms with van der Waals surface area (Å²) < 4.78 is 5.48. The zero-order valence-electron chi connectivity index (χ0n) is 16.2. The molecule has 0 heterocycles. The number of phenols is 1. The van der Waals surface area contributed by atoms with E-state index < -0.39 is 6.09 Å². The Hall–Kier alpha value is -4.04. The standard InChI is InChI=1S/C25H20N2O3/c26-15-18-14-17(11-12-24(18)28)6-5-13-27-25(29)30-16-23-21-9-3-1-7-19(21)20-8-2-4-10-22(20)23/h1-12,14,23,28H,13,16H2,(H,27,29). The molecule has 0 atom stereocenters. The number of alkyl carbamates (subject to hydrolysis) is 1. The van der Waals surface area contributed by atoms with E-state index in [4.69, 9.17) is 10.00 Å². The molecule has 0 aromatic heterocycles. The summed E-state index contributed by atoms with van der Waals surface area (Å²) in [6, 6.07) is 23.1. The summed E-state index contributed by atoms with van der Waals surface area (Å²) in [6.45, 7) is 0.562. The van der Waals surface area contributed by atoms with E-state index in [1.807, 2.05) is 30.3 Å². The lowest BCUT2D eigenvalue weighted by atomic mass is 9.98. The normalized spacial score (nSPS) is 12.2. The topological polar surface area (TPSA) is 82.4 Å². The fourth-order valence-corrected chi connectivity index (χ4v) is 3.73. The molecule has 3 aromatic rings. The fourth-order valence-electron chi connectivity index (χ4n) is 3.73. The summed E-state index contributed by atoms with van der Waals surface area (Å²) in [5, 5.41) is 21.2. The van der Waals surface area contributed by atoms with Crippen molar-refractivity contribution in [3.8, 4) is 22.9 Å². The van der Waals surface area contributed by atoms with Gasteiger partial charge in [-0.25, -0.2) is 4.79 Å². The number of hydrogen-bond acceptors (Lipinski definition) is 4. The van der Waals surface area contributed by atoms with Gasteiger partial charge in [0.25, 0.3) is 0 Å². The van der Waals surface area contributed by atoms with Gasteiger partial charge in [-0.15, -0.1) is 0 Å². The maximum Gasteiger partial charge on any atom is 0.407 e. The number of nitriles is 1. The van der Waals surface area contributed by atoms with Gasteiger partial charge in [-0.2, -0.15) is 5.26 Å². The second kappa shape index (κ2) is 8.54. The van der Waals surface area contributed by atoms with Gasteiger partial charge < -0.3 is 15.2 Å². The largest absolute Gasteiger partial charge is 0.507 e. The second-order valence-corrected chi connectivity index (χ2v) is 7.00. The van der Waals surface area contributed by atoms with Gasteiger partial charge in [-0.05, 0) is 39.9 Å². The number of carbonyl (C=O) groups excluding carboxylic acids is 1. The predicted octanol–water partition coefficient (Wildman–Crippen LogP) is 4.82. The van der Waals surface area contributed by atoms with Crippen LogP contribution in [0.15, 0.2) is 72.8 Å². The molecule has 30 heavy (non-hydrogen) atoms. The van der Waals surface area contributed by atoms with Crippen molar-refractivity contribution in [1.82, 2.24) is 5.32 Å². The molecule has 4 rings (SSSR count).